The molecule has 0 radical (unpaired) electrons. The van der Waals surface area contributed by atoms with Crippen molar-refractivity contribution in [3.63, 3.8) is 0 Å². The fourth-order valence-corrected chi connectivity index (χ4v) is 3.61. The van der Waals surface area contributed by atoms with Crippen molar-refractivity contribution in [3.05, 3.63) is 12.2 Å². The van der Waals surface area contributed by atoms with Crippen LogP contribution in [-0.4, -0.2) is 42.8 Å². The number of hydrogen-bond acceptors (Lipinski definition) is 3. The monoisotopic (exact) mass is 273 g/mol. The highest BCUT2D eigenvalue weighted by Crippen LogP contribution is 2.22. The van der Waals surface area contributed by atoms with E-state index in [2.05, 4.69) is 0 Å². The molecule has 1 rings (SSSR count). The highest BCUT2D eigenvalue weighted by molar-refractivity contribution is 7.92. The van der Waals surface area contributed by atoms with Crippen LogP contribution in [0.15, 0.2) is 12.2 Å². The van der Waals surface area contributed by atoms with Gasteiger partial charge < -0.3 is 4.90 Å². The molecule has 104 valence electrons. The van der Waals surface area contributed by atoms with Gasteiger partial charge in [-0.2, -0.15) is 0 Å². The second kappa shape index (κ2) is 6.36. The zero-order valence-electron chi connectivity index (χ0n) is 11.4. The summed E-state index contributed by atoms with van der Waals surface area (Å²) in [6.45, 7) is 5.75. The Labute approximate surface area is 110 Å². The molecule has 0 saturated carbocycles. The van der Waals surface area contributed by atoms with Crippen molar-refractivity contribution >= 4 is 15.7 Å². The molecule has 18 heavy (non-hydrogen) atoms. The molecule has 0 aromatic carbocycles. The van der Waals surface area contributed by atoms with Gasteiger partial charge in [0.05, 0.1) is 5.75 Å². The predicted molar refractivity (Wildman–Crippen MR) is 73.1 cm³/mol. The molecule has 1 saturated heterocycles. The third kappa shape index (κ3) is 4.12. The van der Waals surface area contributed by atoms with Crippen LogP contribution < -0.4 is 0 Å². The van der Waals surface area contributed by atoms with Crippen LogP contribution in [0, 0.1) is 0 Å². The Morgan fingerprint density at radius 2 is 1.83 bits per heavy atom. The number of allylic oxidation sites excluding steroid dienone is 1. The molecule has 0 aromatic heterocycles. The second-order valence-corrected chi connectivity index (χ2v) is 7.16. The third-order valence-corrected chi connectivity index (χ3v) is 4.80. The quantitative estimate of drug-likeness (QED) is 0.734. The summed E-state index contributed by atoms with van der Waals surface area (Å²) < 4.78 is 23.5. The third-order valence-electron chi connectivity index (χ3n) is 3.41. The largest absolute Gasteiger partial charge is 0.336 e. The molecule has 1 fully saturated rings. The van der Waals surface area contributed by atoms with Crippen LogP contribution >= 0.6 is 0 Å². The Kier molecular flexibility index (Phi) is 5.38. The molecule has 5 heteroatoms. The van der Waals surface area contributed by atoms with Gasteiger partial charge in [0, 0.05) is 12.1 Å². The minimum absolute atomic E-state index is 0.0498. The zero-order valence-corrected chi connectivity index (χ0v) is 12.2. The van der Waals surface area contributed by atoms with Gasteiger partial charge in [-0.15, -0.1) is 0 Å². The number of carbonyl (C=O) groups excluding carboxylic acids is 1. The maximum Gasteiger partial charge on any atom is 0.238 e. The van der Waals surface area contributed by atoms with Crippen molar-refractivity contribution in [2.75, 3.05) is 11.5 Å². The van der Waals surface area contributed by atoms with Gasteiger partial charge in [0.2, 0.25) is 5.91 Å². The predicted octanol–water partition coefficient (Wildman–Crippen LogP) is 1.77. The maximum atomic E-state index is 12.1. The molecule has 1 aliphatic rings. The lowest BCUT2D eigenvalue weighted by Crippen LogP contribution is -2.49. The van der Waals surface area contributed by atoms with Gasteiger partial charge in [-0.1, -0.05) is 12.2 Å². The number of nitrogens with zero attached hydrogens (tertiary/aromatic N) is 1. The summed E-state index contributed by atoms with van der Waals surface area (Å²) in [5.74, 6) is -0.670. The van der Waals surface area contributed by atoms with E-state index in [-0.39, 0.29) is 29.5 Å². The molecular weight excluding hydrogens is 250 g/mol. The number of amides is 1. The topological polar surface area (TPSA) is 54.5 Å². The summed E-state index contributed by atoms with van der Waals surface area (Å²) in [6.07, 6.45) is 6.30. The number of carbonyl (C=O) groups is 1. The van der Waals surface area contributed by atoms with E-state index in [4.69, 9.17) is 0 Å². The summed E-state index contributed by atoms with van der Waals surface area (Å²) in [5, 5.41) is 0. The maximum absolute atomic E-state index is 12.1. The first kappa shape index (κ1) is 15.2. The standard InChI is InChI=1S/C13H23NO3S/c1-4-5-9-18(16,17)10-13(15)14-11(2)7-6-8-12(14)3/h4-5,11-12H,6-10H2,1-3H3/b5-4+. The molecule has 4 nitrogen and oxygen atoms in total. The number of rotatable bonds is 4. The van der Waals surface area contributed by atoms with E-state index >= 15 is 0 Å². The van der Waals surface area contributed by atoms with Crippen molar-refractivity contribution in [3.8, 4) is 0 Å². The molecule has 0 spiro atoms. The average molecular weight is 273 g/mol. The SMILES string of the molecule is C/C=C/CS(=O)(=O)CC(=O)N1C(C)CCCC1C. The first-order chi connectivity index (χ1) is 8.37. The fourth-order valence-electron chi connectivity index (χ4n) is 2.48. The van der Waals surface area contributed by atoms with Crippen molar-refractivity contribution in [1.29, 1.82) is 0 Å². The number of hydrogen-bond donors (Lipinski definition) is 0. The van der Waals surface area contributed by atoms with Crippen LogP contribution in [0.2, 0.25) is 0 Å². The highest BCUT2D eigenvalue weighted by atomic mass is 32.2. The first-order valence-electron chi connectivity index (χ1n) is 6.50. The van der Waals surface area contributed by atoms with E-state index in [1.807, 2.05) is 13.8 Å². The summed E-state index contributed by atoms with van der Waals surface area (Å²) in [6, 6.07) is 0.302. The fraction of sp³-hybridized carbons (Fsp3) is 0.769. The normalized spacial score (nSPS) is 25.6. The number of piperidine rings is 1. The lowest BCUT2D eigenvalue weighted by molar-refractivity contribution is -0.134. The summed E-state index contributed by atoms with van der Waals surface area (Å²) >= 11 is 0. The molecule has 1 heterocycles. The smallest absolute Gasteiger partial charge is 0.238 e. The molecule has 0 aromatic rings. The van der Waals surface area contributed by atoms with Crippen molar-refractivity contribution in [2.45, 2.75) is 52.1 Å². The molecule has 0 bridgehead atoms. The van der Waals surface area contributed by atoms with E-state index in [0.29, 0.717) is 0 Å². The Balaban J connectivity index is 2.69. The summed E-state index contributed by atoms with van der Waals surface area (Å²) in [7, 11) is -3.32. The molecular formula is C13H23NO3S. The van der Waals surface area contributed by atoms with Crippen molar-refractivity contribution in [1.82, 2.24) is 4.90 Å². The van der Waals surface area contributed by atoms with E-state index in [1.54, 1.807) is 24.0 Å². The first-order valence-corrected chi connectivity index (χ1v) is 8.32. The van der Waals surface area contributed by atoms with E-state index in [0.717, 1.165) is 19.3 Å². The van der Waals surface area contributed by atoms with Crippen LogP contribution in [0.3, 0.4) is 0 Å². The number of likely N-dealkylation sites (tertiary alicyclic amines) is 1. The van der Waals surface area contributed by atoms with Crippen LogP contribution in [-0.2, 0) is 14.6 Å². The molecule has 1 amide bonds. The van der Waals surface area contributed by atoms with E-state index < -0.39 is 9.84 Å². The Bertz CT molecular complexity index is 404. The van der Waals surface area contributed by atoms with E-state index in [1.165, 1.54) is 0 Å². The zero-order chi connectivity index (χ0) is 13.8. The minimum Gasteiger partial charge on any atom is -0.336 e. The second-order valence-electron chi connectivity index (χ2n) is 5.05. The minimum atomic E-state index is -3.32. The van der Waals surface area contributed by atoms with Gasteiger partial charge in [0.25, 0.3) is 0 Å². The average Bonchev–Trinajstić information content (AvgIpc) is 2.25. The van der Waals surface area contributed by atoms with Gasteiger partial charge in [0.1, 0.15) is 5.75 Å². The van der Waals surface area contributed by atoms with E-state index in [9.17, 15) is 13.2 Å². The summed E-state index contributed by atoms with van der Waals surface area (Å²) in [5.41, 5.74) is 0. The van der Waals surface area contributed by atoms with Gasteiger partial charge in [-0.25, -0.2) is 8.42 Å². The van der Waals surface area contributed by atoms with Crippen LogP contribution in [0.5, 0.6) is 0 Å². The molecule has 2 unspecified atom stereocenters. The van der Waals surface area contributed by atoms with Gasteiger partial charge in [-0.05, 0) is 40.0 Å². The Hall–Kier alpha value is -0.840. The van der Waals surface area contributed by atoms with Crippen LogP contribution in [0.25, 0.3) is 0 Å². The lowest BCUT2D eigenvalue weighted by atomic mass is 9.98. The van der Waals surface area contributed by atoms with Crippen molar-refractivity contribution < 1.29 is 13.2 Å². The van der Waals surface area contributed by atoms with Gasteiger partial charge in [0.15, 0.2) is 9.84 Å². The Morgan fingerprint density at radius 1 is 1.28 bits per heavy atom. The highest BCUT2D eigenvalue weighted by Gasteiger charge is 2.31. The van der Waals surface area contributed by atoms with Gasteiger partial charge in [-0.3, -0.25) is 4.79 Å². The molecule has 0 N–H and O–H groups in total. The van der Waals surface area contributed by atoms with Gasteiger partial charge >= 0.3 is 0 Å². The lowest BCUT2D eigenvalue weighted by Gasteiger charge is -2.39. The molecule has 1 aliphatic heterocycles. The number of sulfone groups is 1. The molecule has 0 aliphatic carbocycles. The molecule has 2 atom stereocenters. The van der Waals surface area contributed by atoms with Crippen molar-refractivity contribution in [2.24, 2.45) is 0 Å². The van der Waals surface area contributed by atoms with Crippen LogP contribution in [0.1, 0.15) is 40.0 Å². The summed E-state index contributed by atoms with van der Waals surface area (Å²) in [4.78, 5) is 13.9. The Morgan fingerprint density at radius 3 is 2.33 bits per heavy atom. The van der Waals surface area contributed by atoms with Crippen LogP contribution in [0.4, 0.5) is 0 Å².